The van der Waals surface area contributed by atoms with Gasteiger partial charge in [0.05, 0.1) is 12.9 Å². The van der Waals surface area contributed by atoms with Gasteiger partial charge in [-0.3, -0.25) is 4.79 Å². The van der Waals surface area contributed by atoms with Crippen molar-refractivity contribution in [3.05, 3.63) is 29.9 Å². The van der Waals surface area contributed by atoms with E-state index in [1.165, 1.54) is 6.33 Å². The van der Waals surface area contributed by atoms with Crippen LogP contribution in [0.25, 0.3) is 0 Å². The number of aryl methyl sites for hydroxylation is 1. The number of hydrogen-bond acceptors (Lipinski definition) is 5. The summed E-state index contributed by atoms with van der Waals surface area (Å²) in [4.78, 5) is 28.6. The maximum absolute atomic E-state index is 11.7. The van der Waals surface area contributed by atoms with Crippen LogP contribution in [0.1, 0.15) is 26.8 Å². The fourth-order valence-electron chi connectivity index (χ4n) is 1.34. The van der Waals surface area contributed by atoms with Crippen LogP contribution in [0.5, 0.6) is 0 Å². The Balaban J connectivity index is 2.06. The molecule has 9 heteroatoms. The lowest BCUT2D eigenvalue weighted by molar-refractivity contribution is 0.0685. The maximum atomic E-state index is 11.7. The Morgan fingerprint density at radius 1 is 1.56 bits per heavy atom. The number of nitrogens with one attached hydrogen (secondary N) is 2. The van der Waals surface area contributed by atoms with E-state index in [0.717, 1.165) is 6.33 Å². The third kappa shape index (κ3) is 2.19. The van der Waals surface area contributed by atoms with Crippen molar-refractivity contribution in [1.29, 1.82) is 0 Å². The minimum atomic E-state index is -1.24. The van der Waals surface area contributed by atoms with Gasteiger partial charge in [-0.1, -0.05) is 0 Å². The zero-order valence-corrected chi connectivity index (χ0v) is 9.41. The lowest BCUT2D eigenvalue weighted by Crippen LogP contribution is -2.26. The van der Waals surface area contributed by atoms with E-state index in [9.17, 15) is 9.59 Å². The first-order chi connectivity index (χ1) is 8.59. The number of aromatic amines is 1. The molecule has 0 atom stereocenters. The van der Waals surface area contributed by atoms with Crippen LogP contribution in [0.3, 0.4) is 0 Å². The number of aromatic nitrogens is 5. The molecule has 0 aliphatic carbocycles. The van der Waals surface area contributed by atoms with Crippen molar-refractivity contribution >= 4 is 11.9 Å². The average molecular weight is 250 g/mol. The number of amides is 1. The van der Waals surface area contributed by atoms with Crippen molar-refractivity contribution in [2.75, 3.05) is 0 Å². The second kappa shape index (κ2) is 4.65. The van der Waals surface area contributed by atoms with Crippen LogP contribution >= 0.6 is 0 Å². The van der Waals surface area contributed by atoms with Crippen LogP contribution < -0.4 is 5.32 Å². The number of imidazole rings is 1. The second-order valence-corrected chi connectivity index (χ2v) is 3.47. The van der Waals surface area contributed by atoms with E-state index in [1.54, 1.807) is 11.6 Å². The van der Waals surface area contributed by atoms with Crippen molar-refractivity contribution in [3.63, 3.8) is 0 Å². The van der Waals surface area contributed by atoms with Gasteiger partial charge in [0, 0.05) is 7.05 Å². The zero-order valence-electron chi connectivity index (χ0n) is 9.41. The molecule has 9 nitrogen and oxygen atoms in total. The average Bonchev–Trinajstić information content (AvgIpc) is 2.94. The fourth-order valence-corrected chi connectivity index (χ4v) is 1.34. The van der Waals surface area contributed by atoms with E-state index in [-0.39, 0.29) is 17.9 Å². The van der Waals surface area contributed by atoms with Gasteiger partial charge < -0.3 is 20.0 Å². The standard InChI is InChI=1S/C9H10N6O3/c1-15-4-13-14-5(15)2-10-8(16)6-7(9(17)18)12-3-11-6/h3-4H,2H2,1H3,(H,10,16)(H,11,12)(H,17,18). The summed E-state index contributed by atoms with van der Waals surface area (Å²) in [6, 6.07) is 0. The van der Waals surface area contributed by atoms with Crippen LogP contribution in [-0.4, -0.2) is 41.7 Å². The minimum absolute atomic E-state index is 0.140. The molecule has 1 amide bonds. The Morgan fingerprint density at radius 3 is 2.94 bits per heavy atom. The van der Waals surface area contributed by atoms with Gasteiger partial charge in [0.15, 0.2) is 17.2 Å². The summed E-state index contributed by atoms with van der Waals surface area (Å²) in [5.74, 6) is -1.27. The summed E-state index contributed by atoms with van der Waals surface area (Å²) in [5.41, 5.74) is -0.407. The van der Waals surface area contributed by atoms with Gasteiger partial charge in [0.2, 0.25) is 0 Å². The molecule has 94 valence electrons. The molecule has 0 radical (unpaired) electrons. The molecule has 0 saturated carbocycles. The number of hydrogen-bond donors (Lipinski definition) is 3. The van der Waals surface area contributed by atoms with Crippen molar-refractivity contribution < 1.29 is 14.7 Å². The highest BCUT2D eigenvalue weighted by molar-refractivity contribution is 6.02. The van der Waals surface area contributed by atoms with Crippen molar-refractivity contribution in [1.82, 2.24) is 30.0 Å². The van der Waals surface area contributed by atoms with Gasteiger partial charge in [-0.2, -0.15) is 0 Å². The number of carbonyl (C=O) groups is 2. The Kier molecular flexibility index (Phi) is 3.04. The number of nitrogens with zero attached hydrogens (tertiary/aromatic N) is 4. The molecule has 0 spiro atoms. The molecule has 18 heavy (non-hydrogen) atoms. The number of carboxylic acid groups (broad SMARTS) is 1. The summed E-state index contributed by atoms with van der Waals surface area (Å²) < 4.78 is 1.64. The molecule has 0 fully saturated rings. The molecule has 0 saturated heterocycles. The van der Waals surface area contributed by atoms with Crippen LogP contribution in [0, 0.1) is 0 Å². The molecule has 2 rings (SSSR count). The van der Waals surface area contributed by atoms with E-state index in [0.29, 0.717) is 5.82 Å². The number of carboxylic acids is 1. The third-order valence-electron chi connectivity index (χ3n) is 2.28. The Labute approximate surface area is 101 Å². The smallest absolute Gasteiger partial charge is 0.354 e. The van der Waals surface area contributed by atoms with Crippen LogP contribution in [0.2, 0.25) is 0 Å². The number of carbonyl (C=O) groups excluding carboxylic acids is 1. The SMILES string of the molecule is Cn1cnnc1CNC(=O)c1nc[nH]c1C(=O)O. The van der Waals surface area contributed by atoms with Gasteiger partial charge in [0.25, 0.3) is 5.91 Å². The molecule has 0 aliphatic rings. The van der Waals surface area contributed by atoms with Crippen molar-refractivity contribution in [2.45, 2.75) is 6.54 Å². The van der Waals surface area contributed by atoms with E-state index in [1.807, 2.05) is 0 Å². The van der Waals surface area contributed by atoms with E-state index in [2.05, 4.69) is 25.5 Å². The molecular weight excluding hydrogens is 240 g/mol. The highest BCUT2D eigenvalue weighted by Gasteiger charge is 2.19. The lowest BCUT2D eigenvalue weighted by Gasteiger charge is -2.03. The summed E-state index contributed by atoms with van der Waals surface area (Å²) in [6.07, 6.45) is 2.65. The van der Waals surface area contributed by atoms with E-state index in [4.69, 9.17) is 5.11 Å². The highest BCUT2D eigenvalue weighted by atomic mass is 16.4. The van der Waals surface area contributed by atoms with Gasteiger partial charge in [0.1, 0.15) is 6.33 Å². The Morgan fingerprint density at radius 2 is 2.33 bits per heavy atom. The summed E-state index contributed by atoms with van der Waals surface area (Å²) in [7, 11) is 1.73. The third-order valence-corrected chi connectivity index (χ3v) is 2.28. The highest BCUT2D eigenvalue weighted by Crippen LogP contribution is 2.03. The summed E-state index contributed by atoms with van der Waals surface area (Å²) in [6.45, 7) is 0.140. The molecule has 2 aromatic rings. The minimum Gasteiger partial charge on any atom is -0.477 e. The summed E-state index contributed by atoms with van der Waals surface area (Å²) in [5, 5.41) is 18.8. The molecular formula is C9H10N6O3. The first kappa shape index (κ1) is 11.8. The fraction of sp³-hybridized carbons (Fsp3) is 0.222. The van der Waals surface area contributed by atoms with E-state index >= 15 is 0 Å². The molecule has 0 aromatic carbocycles. The van der Waals surface area contributed by atoms with Gasteiger partial charge in [-0.25, -0.2) is 9.78 Å². The number of rotatable bonds is 4. The molecule has 0 unspecified atom stereocenters. The zero-order chi connectivity index (χ0) is 13.1. The Hall–Kier alpha value is -2.71. The number of H-pyrrole nitrogens is 1. The van der Waals surface area contributed by atoms with Crippen LogP contribution in [-0.2, 0) is 13.6 Å². The topological polar surface area (TPSA) is 126 Å². The monoisotopic (exact) mass is 250 g/mol. The Bertz CT molecular complexity index is 587. The van der Waals surface area contributed by atoms with Gasteiger partial charge in [-0.15, -0.1) is 10.2 Å². The second-order valence-electron chi connectivity index (χ2n) is 3.47. The van der Waals surface area contributed by atoms with Crippen LogP contribution in [0.4, 0.5) is 0 Å². The predicted octanol–water partition coefficient (Wildman–Crippen LogP) is -0.834. The normalized spacial score (nSPS) is 10.3. The van der Waals surface area contributed by atoms with Crippen LogP contribution in [0.15, 0.2) is 12.7 Å². The summed E-state index contributed by atoms with van der Waals surface area (Å²) >= 11 is 0. The largest absolute Gasteiger partial charge is 0.477 e. The first-order valence-electron chi connectivity index (χ1n) is 4.97. The quantitative estimate of drug-likeness (QED) is 0.650. The molecule has 3 N–H and O–H groups in total. The lowest BCUT2D eigenvalue weighted by atomic mass is 10.3. The molecule has 0 bridgehead atoms. The van der Waals surface area contributed by atoms with Crippen molar-refractivity contribution in [2.24, 2.45) is 7.05 Å². The molecule has 2 aromatic heterocycles. The molecule has 2 heterocycles. The number of aromatic carboxylic acids is 1. The molecule has 0 aliphatic heterocycles. The van der Waals surface area contributed by atoms with Gasteiger partial charge in [-0.05, 0) is 0 Å². The first-order valence-corrected chi connectivity index (χ1v) is 4.97. The predicted molar refractivity (Wildman–Crippen MR) is 57.7 cm³/mol. The van der Waals surface area contributed by atoms with Crippen molar-refractivity contribution in [3.8, 4) is 0 Å². The van der Waals surface area contributed by atoms with Gasteiger partial charge >= 0.3 is 5.97 Å². The van der Waals surface area contributed by atoms with E-state index < -0.39 is 11.9 Å². The maximum Gasteiger partial charge on any atom is 0.354 e.